The highest BCUT2D eigenvalue weighted by Gasteiger charge is 2.31. The Kier molecular flexibility index (Phi) is 5.20. The second-order valence-corrected chi connectivity index (χ2v) is 6.56. The molecule has 0 unspecified atom stereocenters. The predicted octanol–water partition coefficient (Wildman–Crippen LogP) is 2.85. The van der Waals surface area contributed by atoms with Crippen molar-refractivity contribution in [3.63, 3.8) is 0 Å². The molecule has 144 valence electrons. The SMILES string of the molecule is CC(=O)NC[C@H]1CCn2ncc(C(=O)Nc3cccc(C(F)(F)F)c3)c2C1. The molecule has 1 aromatic carbocycles. The first-order chi connectivity index (χ1) is 12.7. The number of nitrogens with one attached hydrogen (secondary N) is 2. The van der Waals surface area contributed by atoms with Crippen LogP contribution in [0.25, 0.3) is 0 Å². The standard InChI is InChI=1S/C18H19F3N4O2/c1-11(26)22-9-12-5-6-25-16(7-12)15(10-23-25)17(27)24-14-4-2-3-13(8-14)18(19,20)21/h2-4,8,10,12H,5-7,9H2,1H3,(H,22,26)(H,24,27)/t12-/m0/s1. The van der Waals surface area contributed by atoms with Crippen LogP contribution in [0.1, 0.15) is 35.0 Å². The zero-order valence-electron chi connectivity index (χ0n) is 14.6. The Morgan fingerprint density at radius 3 is 2.81 bits per heavy atom. The normalized spacial score (nSPS) is 16.5. The van der Waals surface area contributed by atoms with Gasteiger partial charge in [0.05, 0.1) is 23.0 Å². The fourth-order valence-electron chi connectivity index (χ4n) is 3.12. The number of rotatable bonds is 4. The van der Waals surface area contributed by atoms with Crippen molar-refractivity contribution in [2.45, 2.75) is 32.5 Å². The van der Waals surface area contributed by atoms with Crippen molar-refractivity contribution in [2.24, 2.45) is 5.92 Å². The van der Waals surface area contributed by atoms with Gasteiger partial charge in [0.15, 0.2) is 0 Å². The number of aromatic nitrogens is 2. The van der Waals surface area contributed by atoms with Gasteiger partial charge in [-0.15, -0.1) is 0 Å². The van der Waals surface area contributed by atoms with Crippen molar-refractivity contribution in [3.05, 3.63) is 47.3 Å². The number of benzene rings is 1. The van der Waals surface area contributed by atoms with E-state index in [1.54, 1.807) is 4.68 Å². The number of anilines is 1. The second kappa shape index (κ2) is 7.42. The maximum Gasteiger partial charge on any atom is 0.416 e. The van der Waals surface area contributed by atoms with Crippen molar-refractivity contribution in [3.8, 4) is 0 Å². The summed E-state index contributed by atoms with van der Waals surface area (Å²) < 4.78 is 40.2. The summed E-state index contributed by atoms with van der Waals surface area (Å²) >= 11 is 0. The van der Waals surface area contributed by atoms with Crippen molar-refractivity contribution >= 4 is 17.5 Å². The van der Waals surface area contributed by atoms with E-state index < -0.39 is 17.6 Å². The van der Waals surface area contributed by atoms with Crippen LogP contribution in [0.5, 0.6) is 0 Å². The summed E-state index contributed by atoms with van der Waals surface area (Å²) in [6.07, 6.45) is -1.66. The van der Waals surface area contributed by atoms with E-state index in [0.29, 0.717) is 25.1 Å². The van der Waals surface area contributed by atoms with E-state index in [0.717, 1.165) is 24.2 Å². The van der Waals surface area contributed by atoms with E-state index in [1.807, 2.05) is 0 Å². The van der Waals surface area contributed by atoms with Gasteiger partial charge in [-0.2, -0.15) is 18.3 Å². The summed E-state index contributed by atoms with van der Waals surface area (Å²) in [4.78, 5) is 23.7. The number of alkyl halides is 3. The van der Waals surface area contributed by atoms with E-state index in [4.69, 9.17) is 0 Å². The Bertz CT molecular complexity index is 861. The van der Waals surface area contributed by atoms with Gasteiger partial charge in [-0.3, -0.25) is 14.3 Å². The fraction of sp³-hybridized carbons (Fsp3) is 0.389. The zero-order chi connectivity index (χ0) is 19.6. The Morgan fingerprint density at radius 2 is 2.11 bits per heavy atom. The van der Waals surface area contributed by atoms with E-state index >= 15 is 0 Å². The minimum Gasteiger partial charge on any atom is -0.356 e. The molecule has 2 heterocycles. The fourth-order valence-corrected chi connectivity index (χ4v) is 3.12. The lowest BCUT2D eigenvalue weighted by molar-refractivity contribution is -0.137. The Balaban J connectivity index is 1.74. The number of hydrogen-bond acceptors (Lipinski definition) is 3. The molecule has 0 saturated carbocycles. The summed E-state index contributed by atoms with van der Waals surface area (Å²) in [5.41, 5.74) is 0.300. The van der Waals surface area contributed by atoms with E-state index in [1.165, 1.54) is 25.3 Å². The molecule has 0 bridgehead atoms. The van der Waals surface area contributed by atoms with Crippen molar-refractivity contribution in [2.75, 3.05) is 11.9 Å². The molecule has 27 heavy (non-hydrogen) atoms. The molecule has 0 spiro atoms. The zero-order valence-corrected chi connectivity index (χ0v) is 14.6. The first-order valence-corrected chi connectivity index (χ1v) is 8.52. The predicted molar refractivity (Wildman–Crippen MR) is 92.1 cm³/mol. The topological polar surface area (TPSA) is 76.0 Å². The number of nitrogens with zero attached hydrogens (tertiary/aromatic N) is 2. The molecule has 1 aliphatic rings. The largest absolute Gasteiger partial charge is 0.416 e. The van der Waals surface area contributed by atoms with Gasteiger partial charge in [0.25, 0.3) is 5.91 Å². The second-order valence-electron chi connectivity index (χ2n) is 6.56. The Labute approximate surface area is 153 Å². The lowest BCUT2D eigenvalue weighted by Crippen LogP contribution is -2.32. The number of halogens is 3. The average Bonchev–Trinajstić information content (AvgIpc) is 3.02. The highest BCUT2D eigenvalue weighted by atomic mass is 19.4. The van der Waals surface area contributed by atoms with Crippen LogP contribution in [-0.2, 0) is 23.9 Å². The number of hydrogen-bond donors (Lipinski definition) is 2. The van der Waals surface area contributed by atoms with Gasteiger partial charge in [-0.25, -0.2) is 0 Å². The summed E-state index contributed by atoms with van der Waals surface area (Å²) in [6.45, 7) is 2.58. The highest BCUT2D eigenvalue weighted by Crippen LogP contribution is 2.31. The van der Waals surface area contributed by atoms with Crippen LogP contribution in [0.4, 0.5) is 18.9 Å². The van der Waals surface area contributed by atoms with Crippen LogP contribution in [-0.4, -0.2) is 28.1 Å². The van der Waals surface area contributed by atoms with Crippen LogP contribution >= 0.6 is 0 Å². The maximum atomic E-state index is 12.8. The monoisotopic (exact) mass is 380 g/mol. The van der Waals surface area contributed by atoms with Gasteiger partial charge in [0.1, 0.15) is 0 Å². The van der Waals surface area contributed by atoms with Crippen LogP contribution in [0.15, 0.2) is 30.5 Å². The molecule has 9 heteroatoms. The number of carbonyl (C=O) groups is 2. The Hall–Kier alpha value is -2.84. The third kappa shape index (κ3) is 4.47. The minimum atomic E-state index is -4.48. The smallest absolute Gasteiger partial charge is 0.356 e. The van der Waals surface area contributed by atoms with Crippen LogP contribution in [0, 0.1) is 5.92 Å². The summed E-state index contributed by atoms with van der Waals surface area (Å²) in [5.74, 6) is -0.439. The van der Waals surface area contributed by atoms with Gasteiger partial charge in [0, 0.05) is 25.7 Å². The Morgan fingerprint density at radius 1 is 1.33 bits per heavy atom. The molecule has 6 nitrogen and oxygen atoms in total. The van der Waals surface area contributed by atoms with Gasteiger partial charge in [-0.1, -0.05) is 6.07 Å². The summed E-state index contributed by atoms with van der Waals surface area (Å²) in [5, 5.41) is 9.48. The van der Waals surface area contributed by atoms with Gasteiger partial charge in [0.2, 0.25) is 5.91 Å². The van der Waals surface area contributed by atoms with Gasteiger partial charge < -0.3 is 10.6 Å². The van der Waals surface area contributed by atoms with Gasteiger partial charge in [-0.05, 0) is 37.0 Å². The molecule has 0 aliphatic carbocycles. The molecule has 0 fully saturated rings. The first kappa shape index (κ1) is 18.9. The molecule has 2 aromatic rings. The molecule has 3 rings (SSSR count). The number of fused-ring (bicyclic) bond motifs is 1. The number of amides is 2. The van der Waals surface area contributed by atoms with Crippen LogP contribution < -0.4 is 10.6 Å². The molecule has 1 aliphatic heterocycles. The third-order valence-corrected chi connectivity index (χ3v) is 4.51. The molecule has 0 radical (unpaired) electrons. The van der Waals surface area contributed by atoms with E-state index in [2.05, 4.69) is 15.7 Å². The molecule has 1 atom stereocenters. The van der Waals surface area contributed by atoms with Crippen molar-refractivity contribution in [1.82, 2.24) is 15.1 Å². The molecule has 2 amide bonds. The maximum absolute atomic E-state index is 12.8. The van der Waals surface area contributed by atoms with Crippen LogP contribution in [0.2, 0.25) is 0 Å². The number of aryl methyl sites for hydroxylation is 1. The highest BCUT2D eigenvalue weighted by molar-refractivity contribution is 6.05. The van der Waals surface area contributed by atoms with E-state index in [9.17, 15) is 22.8 Å². The molecule has 1 aromatic heterocycles. The molecule has 0 saturated heterocycles. The lowest BCUT2D eigenvalue weighted by Gasteiger charge is -2.24. The van der Waals surface area contributed by atoms with E-state index in [-0.39, 0.29) is 17.5 Å². The average molecular weight is 380 g/mol. The third-order valence-electron chi connectivity index (χ3n) is 4.51. The van der Waals surface area contributed by atoms with Crippen LogP contribution in [0.3, 0.4) is 0 Å². The molecular formula is C18H19F3N4O2. The quantitative estimate of drug-likeness (QED) is 0.857. The molecule has 2 N–H and O–H groups in total. The van der Waals surface area contributed by atoms with Crippen molar-refractivity contribution < 1.29 is 22.8 Å². The van der Waals surface area contributed by atoms with Gasteiger partial charge >= 0.3 is 6.18 Å². The summed E-state index contributed by atoms with van der Waals surface area (Å²) in [7, 11) is 0. The summed E-state index contributed by atoms with van der Waals surface area (Å²) in [6, 6.07) is 4.50. The lowest BCUT2D eigenvalue weighted by atomic mass is 9.94. The number of carbonyl (C=O) groups excluding carboxylic acids is 2. The minimum absolute atomic E-state index is 0.0698. The first-order valence-electron chi connectivity index (χ1n) is 8.52. The van der Waals surface area contributed by atoms with Crippen molar-refractivity contribution in [1.29, 1.82) is 0 Å². The molecular weight excluding hydrogens is 361 g/mol.